The van der Waals surface area contributed by atoms with Crippen molar-refractivity contribution in [3.05, 3.63) is 79.3 Å². The zero-order chi connectivity index (χ0) is 24.3. The van der Waals surface area contributed by atoms with E-state index in [4.69, 9.17) is 14.7 Å². The van der Waals surface area contributed by atoms with Gasteiger partial charge >= 0.3 is 5.97 Å². The van der Waals surface area contributed by atoms with Crippen molar-refractivity contribution in [2.24, 2.45) is 4.99 Å². The van der Waals surface area contributed by atoms with E-state index in [0.717, 1.165) is 38.3 Å². The molecule has 1 unspecified atom stereocenters. The number of aliphatic imine (C=N–C) groups is 1. The van der Waals surface area contributed by atoms with Crippen LogP contribution in [0.5, 0.6) is 0 Å². The van der Waals surface area contributed by atoms with E-state index >= 15 is 0 Å². The number of cyclic esters (lactones) is 1. The second-order valence-corrected chi connectivity index (χ2v) is 10.0. The van der Waals surface area contributed by atoms with Gasteiger partial charge in [-0.2, -0.15) is 0 Å². The van der Waals surface area contributed by atoms with Gasteiger partial charge < -0.3 is 14.4 Å². The lowest BCUT2D eigenvalue weighted by Gasteiger charge is -2.26. The van der Waals surface area contributed by atoms with Gasteiger partial charge in [0.25, 0.3) is 5.56 Å². The fraction of sp³-hybridized carbons (Fsp3) is 0.259. The SMILES string of the molecule is CCC1(O)CC(=O)OCc2c1cc1n(c2=O)Cc2c-1nc1cccc(N=Cc3cccs3)c1c2C. The normalized spacial score (nSPS) is 18.9. The highest BCUT2D eigenvalue weighted by Crippen LogP contribution is 2.41. The Hall–Kier alpha value is -3.62. The molecule has 6 rings (SSSR count). The Morgan fingerprint density at radius 3 is 2.89 bits per heavy atom. The number of hydrogen-bond acceptors (Lipinski definition) is 7. The number of thiophene rings is 1. The Morgan fingerprint density at radius 1 is 1.26 bits per heavy atom. The van der Waals surface area contributed by atoms with Crippen LogP contribution in [-0.2, 0) is 28.3 Å². The van der Waals surface area contributed by atoms with Gasteiger partial charge in [-0.25, -0.2) is 4.98 Å². The summed E-state index contributed by atoms with van der Waals surface area (Å²) in [6, 6.07) is 11.7. The van der Waals surface area contributed by atoms with Crippen LogP contribution in [0.3, 0.4) is 0 Å². The number of esters is 1. The summed E-state index contributed by atoms with van der Waals surface area (Å²) >= 11 is 1.63. The molecule has 4 aromatic rings. The molecule has 8 heteroatoms. The Morgan fingerprint density at radius 2 is 2.11 bits per heavy atom. The van der Waals surface area contributed by atoms with Crippen LogP contribution in [0.15, 0.2) is 51.6 Å². The summed E-state index contributed by atoms with van der Waals surface area (Å²) in [5, 5.41) is 14.3. The van der Waals surface area contributed by atoms with Gasteiger partial charge in [0, 0.05) is 22.0 Å². The minimum atomic E-state index is -1.45. The summed E-state index contributed by atoms with van der Waals surface area (Å²) in [7, 11) is 0. The van der Waals surface area contributed by atoms with Crippen molar-refractivity contribution in [1.29, 1.82) is 0 Å². The summed E-state index contributed by atoms with van der Waals surface area (Å²) < 4.78 is 6.93. The van der Waals surface area contributed by atoms with Crippen LogP contribution < -0.4 is 5.56 Å². The smallest absolute Gasteiger partial charge is 0.309 e. The van der Waals surface area contributed by atoms with E-state index in [0.29, 0.717) is 29.8 Å². The van der Waals surface area contributed by atoms with E-state index in [-0.39, 0.29) is 18.6 Å². The van der Waals surface area contributed by atoms with Crippen LogP contribution in [0.1, 0.15) is 46.9 Å². The topological polar surface area (TPSA) is 93.8 Å². The highest BCUT2D eigenvalue weighted by molar-refractivity contribution is 7.11. The highest BCUT2D eigenvalue weighted by Gasteiger charge is 2.39. The first-order valence-electron chi connectivity index (χ1n) is 11.5. The Balaban J connectivity index is 1.55. The van der Waals surface area contributed by atoms with Gasteiger partial charge in [-0.15, -0.1) is 11.3 Å². The standard InChI is InChI=1S/C27H23N3O4S/c1-3-27(33)11-23(31)34-14-18-19(27)10-22-25-17(13-30(22)26(18)32)15(2)24-20(7-4-8-21(24)29-25)28-12-16-6-5-9-35-16/h4-10,12,33H,3,11,13-14H2,1-2H3. The number of nitrogens with zero attached hydrogens (tertiary/aromatic N) is 3. The number of carbonyl (C=O) groups is 1. The van der Waals surface area contributed by atoms with E-state index in [9.17, 15) is 14.7 Å². The molecule has 0 amide bonds. The van der Waals surface area contributed by atoms with Crippen molar-refractivity contribution in [3.8, 4) is 11.4 Å². The van der Waals surface area contributed by atoms with Crippen LogP contribution in [0.2, 0.25) is 0 Å². The number of ether oxygens (including phenoxy) is 1. The molecule has 2 aliphatic heterocycles. The van der Waals surface area contributed by atoms with Crippen molar-refractivity contribution in [2.75, 3.05) is 0 Å². The van der Waals surface area contributed by atoms with Crippen molar-refractivity contribution in [3.63, 3.8) is 0 Å². The molecule has 1 aromatic carbocycles. The average molecular weight is 486 g/mol. The lowest BCUT2D eigenvalue weighted by molar-refractivity contribution is -0.149. The molecule has 1 atom stereocenters. The van der Waals surface area contributed by atoms with E-state index in [1.54, 1.807) is 22.8 Å². The predicted octanol–water partition coefficient (Wildman–Crippen LogP) is 4.59. The van der Waals surface area contributed by atoms with Crippen molar-refractivity contribution in [1.82, 2.24) is 9.55 Å². The molecule has 0 aliphatic carbocycles. The Labute approximate surface area is 205 Å². The van der Waals surface area contributed by atoms with Gasteiger partial charge in [-0.3, -0.25) is 14.6 Å². The number of fused-ring (bicyclic) bond motifs is 5. The Kier molecular flexibility index (Phi) is 4.98. The first kappa shape index (κ1) is 21.9. The van der Waals surface area contributed by atoms with Crippen LogP contribution in [-0.4, -0.2) is 26.8 Å². The first-order valence-corrected chi connectivity index (χ1v) is 12.4. The fourth-order valence-electron chi connectivity index (χ4n) is 5.14. The highest BCUT2D eigenvalue weighted by atomic mass is 32.1. The molecule has 0 fully saturated rings. The molecule has 0 saturated carbocycles. The molecule has 0 saturated heterocycles. The number of hydrogen-bond donors (Lipinski definition) is 1. The number of pyridine rings is 2. The van der Waals surface area contributed by atoms with Gasteiger partial charge in [-0.05, 0) is 54.1 Å². The molecule has 176 valence electrons. The second-order valence-electron chi connectivity index (χ2n) is 9.04. The zero-order valence-electron chi connectivity index (χ0n) is 19.4. The maximum atomic E-state index is 13.6. The van der Waals surface area contributed by atoms with Gasteiger partial charge in [0.1, 0.15) is 12.2 Å². The number of rotatable bonds is 3. The Bertz CT molecular complexity index is 1600. The summed E-state index contributed by atoms with van der Waals surface area (Å²) in [5.74, 6) is -0.508. The number of aromatic nitrogens is 2. The minimum Gasteiger partial charge on any atom is -0.460 e. The summed E-state index contributed by atoms with van der Waals surface area (Å²) in [4.78, 5) is 36.4. The summed E-state index contributed by atoms with van der Waals surface area (Å²) in [5.41, 5.74) is 4.09. The van der Waals surface area contributed by atoms with Crippen molar-refractivity contribution >= 4 is 40.1 Å². The molecule has 2 aliphatic rings. The van der Waals surface area contributed by atoms with Crippen molar-refractivity contribution in [2.45, 2.75) is 45.4 Å². The lowest BCUT2D eigenvalue weighted by Crippen LogP contribution is -2.32. The van der Waals surface area contributed by atoms with Gasteiger partial charge in [-0.1, -0.05) is 19.1 Å². The van der Waals surface area contributed by atoms with Crippen molar-refractivity contribution < 1.29 is 14.6 Å². The summed E-state index contributed by atoms with van der Waals surface area (Å²) in [6.45, 7) is 4.07. The molecule has 5 heterocycles. The molecule has 7 nitrogen and oxygen atoms in total. The molecule has 35 heavy (non-hydrogen) atoms. The maximum absolute atomic E-state index is 13.6. The summed E-state index contributed by atoms with van der Waals surface area (Å²) in [6.07, 6.45) is 1.97. The third-order valence-electron chi connectivity index (χ3n) is 7.10. The maximum Gasteiger partial charge on any atom is 0.309 e. The number of benzene rings is 1. The monoisotopic (exact) mass is 485 g/mol. The molecule has 0 spiro atoms. The van der Waals surface area contributed by atoms with Crippen LogP contribution in [0.25, 0.3) is 22.3 Å². The first-order chi connectivity index (χ1) is 16.9. The molecule has 0 bridgehead atoms. The van der Waals surface area contributed by atoms with E-state index in [1.807, 2.05) is 54.9 Å². The van der Waals surface area contributed by atoms with Gasteiger partial charge in [0.05, 0.1) is 41.1 Å². The third kappa shape index (κ3) is 3.36. The minimum absolute atomic E-state index is 0.137. The lowest BCUT2D eigenvalue weighted by atomic mass is 9.85. The van der Waals surface area contributed by atoms with Gasteiger partial charge in [0.2, 0.25) is 0 Å². The molecular formula is C27H23N3O4S. The fourth-order valence-corrected chi connectivity index (χ4v) is 5.73. The van der Waals surface area contributed by atoms with Gasteiger partial charge in [0.15, 0.2) is 0 Å². The largest absolute Gasteiger partial charge is 0.460 e. The number of carbonyl (C=O) groups excluding carboxylic acids is 1. The molecule has 3 aromatic heterocycles. The van der Waals surface area contributed by atoms with E-state index < -0.39 is 11.6 Å². The van der Waals surface area contributed by atoms with E-state index in [1.165, 1.54) is 0 Å². The predicted molar refractivity (Wildman–Crippen MR) is 135 cm³/mol. The molecule has 0 radical (unpaired) electrons. The van der Waals surface area contributed by atoms with Crippen LogP contribution >= 0.6 is 11.3 Å². The van der Waals surface area contributed by atoms with E-state index in [2.05, 4.69) is 0 Å². The number of aliphatic hydroxyl groups is 1. The van der Waals surface area contributed by atoms with Crippen LogP contribution in [0.4, 0.5) is 5.69 Å². The third-order valence-corrected chi connectivity index (χ3v) is 7.91. The second kappa shape index (κ2) is 7.96. The average Bonchev–Trinajstić information content (AvgIpc) is 3.47. The zero-order valence-corrected chi connectivity index (χ0v) is 20.2. The number of aryl methyl sites for hydroxylation is 1. The molecule has 1 N–H and O–H groups in total. The quantitative estimate of drug-likeness (QED) is 0.298. The molecular weight excluding hydrogens is 462 g/mol. The van der Waals surface area contributed by atoms with Crippen LogP contribution in [0, 0.1) is 6.92 Å².